The minimum Gasteiger partial charge on any atom is -0.496 e. The van der Waals surface area contributed by atoms with Gasteiger partial charge in [-0.15, -0.1) is 0 Å². The Kier molecular flexibility index (Phi) is 25.4. The van der Waals surface area contributed by atoms with Crippen LogP contribution in [0.3, 0.4) is 0 Å². The van der Waals surface area contributed by atoms with Gasteiger partial charge in [0.15, 0.2) is 0 Å². The fourth-order valence-corrected chi connectivity index (χ4v) is 25.0. The van der Waals surface area contributed by atoms with Crippen LogP contribution in [0.5, 0.6) is 5.75 Å². The highest BCUT2D eigenvalue weighted by Crippen LogP contribution is 2.57. The molecule has 7 heteroatoms. The highest BCUT2D eigenvalue weighted by atomic mass is 127. The maximum absolute atomic E-state index is 5.81. The second-order valence-electron chi connectivity index (χ2n) is 34.0. The summed E-state index contributed by atoms with van der Waals surface area (Å²) in [5, 5.41) is 23.8. The molecule has 0 atom stereocenters. The molecule has 23 rings (SSSR count). The molecule has 3 heterocycles. The fourth-order valence-electron chi connectivity index (χ4n) is 20.3. The zero-order valence-corrected chi connectivity index (χ0v) is 77.9. The number of aromatic amines is 1. The maximum atomic E-state index is 5.81. The van der Waals surface area contributed by atoms with Gasteiger partial charge in [-0.05, 0) is 283 Å². The van der Waals surface area contributed by atoms with Gasteiger partial charge in [0.2, 0.25) is 0 Å². The van der Waals surface area contributed by atoms with E-state index in [0.717, 1.165) is 72.7 Å². The van der Waals surface area contributed by atoms with Crippen molar-refractivity contribution in [3.63, 3.8) is 0 Å². The van der Waals surface area contributed by atoms with E-state index in [-0.39, 0.29) is 7.92 Å². The van der Waals surface area contributed by atoms with Crippen molar-refractivity contribution in [1.82, 2.24) is 14.1 Å². The third kappa shape index (κ3) is 17.5. The van der Waals surface area contributed by atoms with E-state index in [0.29, 0.717) is 0 Å². The summed E-state index contributed by atoms with van der Waals surface area (Å²) >= 11 is 4.64. The van der Waals surface area contributed by atoms with Crippen LogP contribution in [-0.2, 0) is 0 Å². The molecule has 129 heavy (non-hydrogen) atoms. The van der Waals surface area contributed by atoms with Gasteiger partial charge in [0.1, 0.15) is 5.75 Å². The maximum Gasteiger partial charge on any atom is 0.126 e. The van der Waals surface area contributed by atoms with Gasteiger partial charge in [0, 0.05) is 67.4 Å². The van der Waals surface area contributed by atoms with Crippen LogP contribution in [0.15, 0.2) is 431 Å². The summed E-state index contributed by atoms with van der Waals surface area (Å²) in [6.45, 7) is 2.23. The van der Waals surface area contributed by atoms with Gasteiger partial charge in [0.05, 0.1) is 29.2 Å². The van der Waals surface area contributed by atoms with Crippen molar-refractivity contribution in [3.8, 4) is 50.5 Å². The van der Waals surface area contributed by atoms with Crippen LogP contribution in [0.1, 0.15) is 69.8 Å². The van der Waals surface area contributed by atoms with Gasteiger partial charge < -0.3 is 18.9 Å². The number of H-pyrrole nitrogens is 1. The van der Waals surface area contributed by atoms with Crippen molar-refractivity contribution in [2.75, 3.05) is 7.11 Å². The molecule has 2 aliphatic carbocycles. The van der Waals surface area contributed by atoms with E-state index in [1.165, 1.54) is 196 Å². The van der Waals surface area contributed by atoms with Gasteiger partial charge in [-0.25, -0.2) is 0 Å². The van der Waals surface area contributed by atoms with E-state index < -0.39 is 0 Å². The summed E-state index contributed by atoms with van der Waals surface area (Å²) < 4.78 is 13.2. The summed E-state index contributed by atoms with van der Waals surface area (Å²) in [5.74, 6) is 1.02. The fraction of sp³-hybridized carbons (Fsp3) is 0.115. The molecule has 0 saturated heterocycles. The summed E-state index contributed by atoms with van der Waals surface area (Å²) in [4.78, 5) is 3.66. The number of nitrogens with zero attached hydrogens (tertiary/aromatic N) is 2. The molecule has 21 aromatic rings. The van der Waals surface area contributed by atoms with E-state index in [9.17, 15) is 0 Å². The van der Waals surface area contributed by atoms with Crippen LogP contribution < -0.4 is 10.0 Å². The number of para-hydroxylation sites is 6. The molecule has 0 aliphatic heterocycles. The summed E-state index contributed by atoms with van der Waals surface area (Å²) in [6.07, 6.45) is 14.4. The first-order chi connectivity index (χ1) is 63.8. The van der Waals surface area contributed by atoms with Gasteiger partial charge in [-0.3, -0.25) is 0 Å². The molecular formula is C122H100I2N3OP. The van der Waals surface area contributed by atoms with E-state index in [2.05, 4.69) is 497 Å². The zero-order valence-electron chi connectivity index (χ0n) is 72.7. The lowest BCUT2D eigenvalue weighted by Gasteiger charge is -2.39. The topological polar surface area (TPSA) is 34.9 Å². The van der Waals surface area contributed by atoms with Gasteiger partial charge in [0.25, 0.3) is 0 Å². The molecule has 0 radical (unpaired) electrons. The molecular weight excluding hydrogens is 1810 g/mol. The molecule has 0 unspecified atom stereocenters. The second-order valence-corrected chi connectivity index (χ2v) is 39.2. The average Bonchev–Trinajstić information content (AvgIpc) is 1.62. The molecule has 0 spiro atoms. The van der Waals surface area contributed by atoms with Crippen molar-refractivity contribution in [2.24, 2.45) is 0 Å². The van der Waals surface area contributed by atoms with Crippen molar-refractivity contribution in [2.45, 2.75) is 82.4 Å². The molecule has 3 aromatic heterocycles. The number of aryl methyl sites for hydroxylation is 1. The lowest BCUT2D eigenvalue weighted by atomic mass is 9.99. The average molecular weight is 1910 g/mol. The summed E-state index contributed by atoms with van der Waals surface area (Å²) in [6, 6.07) is 156. The van der Waals surface area contributed by atoms with Crippen LogP contribution in [0, 0.1) is 14.1 Å². The summed E-state index contributed by atoms with van der Waals surface area (Å²) in [5.41, 5.74) is 19.9. The number of rotatable bonds is 9. The van der Waals surface area contributed by atoms with Crippen molar-refractivity contribution >= 4 is 188 Å². The Balaban J connectivity index is 0.000000127. The van der Waals surface area contributed by atoms with Gasteiger partial charge in [-0.2, -0.15) is 0 Å². The number of benzene rings is 18. The third-order valence-electron chi connectivity index (χ3n) is 26.3. The first-order valence-corrected chi connectivity index (χ1v) is 49.1. The van der Waals surface area contributed by atoms with Crippen LogP contribution >= 0.6 is 53.1 Å². The predicted molar refractivity (Wildman–Crippen MR) is 575 cm³/mol. The third-order valence-corrected chi connectivity index (χ3v) is 31.3. The Bertz CT molecular complexity index is 7290. The number of ether oxygens (including phenoxy) is 1. The Morgan fingerprint density at radius 3 is 0.829 bits per heavy atom. The van der Waals surface area contributed by atoms with Crippen molar-refractivity contribution < 1.29 is 4.74 Å². The Morgan fingerprint density at radius 2 is 0.512 bits per heavy atom. The number of nitrogens with one attached hydrogen (secondary N) is 1. The zero-order chi connectivity index (χ0) is 86.9. The van der Waals surface area contributed by atoms with Crippen molar-refractivity contribution in [1.29, 1.82) is 0 Å². The van der Waals surface area contributed by atoms with E-state index >= 15 is 0 Å². The number of fused-ring (bicyclic) bond motifs is 21. The Morgan fingerprint density at radius 1 is 0.256 bits per heavy atom. The Hall–Kier alpha value is -13.0. The van der Waals surface area contributed by atoms with E-state index in [1.807, 2.05) is 7.11 Å². The van der Waals surface area contributed by atoms with Gasteiger partial charge in [-0.1, -0.05) is 386 Å². The SMILES string of the molecule is COc1cccc(C)c1-c1ccccc1P(C1CCCCC1)C1CCCCC1.Ic1ccc(-c2ccc(I)cc2)cc1.c1ccc2c(c1)[nH]c1ccccc1c1ccccc1c1ccccc21.c1ccc2c(c1)c1ccccc1c1ccccc1n(-c1ccc(-c3ccc(-n4c5ccccc5c5ccccc5c5ccccc5c5ccccc54)cc3)cc1)c1ccccc21. The number of halogens is 2. The van der Waals surface area contributed by atoms with Crippen LogP contribution in [0.25, 0.3) is 175 Å². The second kappa shape index (κ2) is 38.9. The largest absolute Gasteiger partial charge is 0.496 e. The van der Waals surface area contributed by atoms with Crippen LogP contribution in [0.4, 0.5) is 0 Å². The molecule has 18 aromatic carbocycles. The van der Waals surface area contributed by atoms with Crippen molar-refractivity contribution in [3.05, 3.63) is 443 Å². The number of methoxy groups -OCH3 is 1. The quantitative estimate of drug-likeness (QED) is 0.113. The van der Waals surface area contributed by atoms with E-state index in [1.54, 1.807) is 5.30 Å². The van der Waals surface area contributed by atoms with Gasteiger partial charge >= 0.3 is 0 Å². The number of hydrogen-bond donors (Lipinski definition) is 1. The summed E-state index contributed by atoms with van der Waals surface area (Å²) in [7, 11) is 1.69. The number of aromatic nitrogens is 3. The molecule has 2 fully saturated rings. The van der Waals surface area contributed by atoms with Crippen LogP contribution in [0.2, 0.25) is 0 Å². The lowest BCUT2D eigenvalue weighted by molar-refractivity contribution is 0.416. The normalized spacial score (nSPS) is 13.0. The van der Waals surface area contributed by atoms with E-state index in [4.69, 9.17) is 4.74 Å². The Labute approximate surface area is 783 Å². The minimum atomic E-state index is -0.122. The molecule has 1 N–H and O–H groups in total. The minimum absolute atomic E-state index is 0.122. The lowest BCUT2D eigenvalue weighted by Crippen LogP contribution is -2.27. The molecule has 4 nitrogen and oxygen atoms in total. The highest BCUT2D eigenvalue weighted by molar-refractivity contribution is 14.1. The molecule has 0 bridgehead atoms. The first-order valence-electron chi connectivity index (χ1n) is 45.5. The first kappa shape index (κ1) is 84.2. The molecule has 0 amide bonds. The van der Waals surface area contributed by atoms with Crippen LogP contribution in [-0.4, -0.2) is 32.5 Å². The number of hydrogen-bond acceptors (Lipinski definition) is 1. The molecule has 628 valence electrons. The highest BCUT2D eigenvalue weighted by Gasteiger charge is 2.34. The standard InChI is InChI=1S/C60H40N2.C26H35OP.C24H17N.C12H8I2/c1-5-21-49-45(17-1)46-18-2-6-22-50(46)54-26-10-14-30-58(54)61(57-29-13-9-25-53(49)57)43-37-33-41(34-38-43)42-35-39-44(40-36-42)62-59-31-15-11-27-55(59)51-23-7-3-19-47(51)48-20-4-8-24-52(48)56-28-12-16-32-60(56)62;1-20-12-11-18-24(27-2)26(20)23-17-9-10-19-25(23)28(21-13-5-3-6-14-21)22-15-7-4-8-16-22;1-3-11-19-17(9-1)18-10-2-4-12-20(18)22-14-6-8-16-24(22)25-23-15-7-5-13-21(19)23;13-11-5-1-9(2-6-11)10-3-7-12(14)8-4-10/h1-40H;9-12,17-19,21-22H,3-8,13-16H2,1-2H3;1-16,25H;1-8H. The molecule has 2 aliphatic rings. The molecule has 2 saturated carbocycles. The predicted octanol–water partition coefficient (Wildman–Crippen LogP) is 35.2. The smallest absolute Gasteiger partial charge is 0.126 e. The monoisotopic (exact) mass is 1910 g/mol.